The third kappa shape index (κ3) is 10.9. The monoisotopic (exact) mass is 201 g/mol. The number of aliphatic imine (C=N–C) groups is 1. The molecule has 0 heterocycles. The molecule has 0 amide bonds. The van der Waals surface area contributed by atoms with Crippen LogP contribution in [0.5, 0.6) is 0 Å². The third-order valence-electron chi connectivity index (χ3n) is 1.78. The van der Waals surface area contributed by atoms with Crippen molar-refractivity contribution >= 4 is 11.7 Å². The van der Waals surface area contributed by atoms with E-state index in [0.29, 0.717) is 6.54 Å². The molecule has 84 valence electrons. The van der Waals surface area contributed by atoms with Gasteiger partial charge in [-0.1, -0.05) is 20.8 Å². The minimum Gasteiger partial charge on any atom is -0.370 e. The number of nitrogens with zero attached hydrogens (tertiary/aromatic N) is 1. The Kier molecular flexibility index (Phi) is 11.0. The predicted molar refractivity (Wildman–Crippen MR) is 61.1 cm³/mol. The highest BCUT2D eigenvalue weighted by Crippen LogP contribution is 2.05. The molecule has 0 aromatic carbocycles. The molecule has 1 unspecified atom stereocenters. The Morgan fingerprint density at radius 2 is 1.86 bits per heavy atom. The number of ketones is 1. The lowest BCUT2D eigenvalue weighted by Gasteiger charge is -2.04. The maximum atomic E-state index is 10.8. The number of hydrogen-bond acceptors (Lipinski definition) is 2. The van der Waals surface area contributed by atoms with Crippen molar-refractivity contribution in [1.29, 1.82) is 0 Å². The van der Waals surface area contributed by atoms with E-state index in [2.05, 4.69) is 4.99 Å². The molecule has 0 rings (SSSR count). The molecule has 1 atom stereocenters. The highest BCUT2D eigenvalue weighted by Gasteiger charge is 2.05. The van der Waals surface area contributed by atoms with Gasteiger partial charge in [0, 0.05) is 12.5 Å². The van der Waals surface area contributed by atoms with E-state index in [1.165, 1.54) is 0 Å². The van der Waals surface area contributed by atoms with Crippen molar-refractivity contribution in [3.05, 3.63) is 0 Å². The first-order valence-corrected chi connectivity index (χ1v) is 5.10. The quantitative estimate of drug-likeness (QED) is 0.399. The Labute approximate surface area is 86.8 Å². The topological polar surface area (TPSA) is 81.5 Å². The van der Waals surface area contributed by atoms with Gasteiger partial charge in [-0.15, -0.1) is 0 Å². The molecule has 0 saturated heterocycles. The molecule has 4 heteroatoms. The van der Waals surface area contributed by atoms with Gasteiger partial charge < -0.3 is 11.5 Å². The highest BCUT2D eigenvalue weighted by atomic mass is 16.1. The number of rotatable bonds is 5. The molecule has 0 fully saturated rings. The number of hydrogen-bond donors (Lipinski definition) is 2. The van der Waals surface area contributed by atoms with Gasteiger partial charge in [0.1, 0.15) is 5.78 Å². The Bertz CT molecular complexity index is 174. The minimum atomic E-state index is 0.116. The van der Waals surface area contributed by atoms with Gasteiger partial charge in [0.05, 0.1) is 0 Å². The largest absolute Gasteiger partial charge is 0.370 e. The summed E-state index contributed by atoms with van der Waals surface area (Å²) in [7, 11) is 0. The lowest BCUT2D eigenvalue weighted by Crippen LogP contribution is -2.23. The summed E-state index contributed by atoms with van der Waals surface area (Å²) < 4.78 is 0. The van der Waals surface area contributed by atoms with Crippen LogP contribution in [0.15, 0.2) is 4.99 Å². The van der Waals surface area contributed by atoms with Crippen LogP contribution in [0, 0.1) is 5.92 Å². The van der Waals surface area contributed by atoms with Gasteiger partial charge in [0.15, 0.2) is 5.96 Å². The van der Waals surface area contributed by atoms with E-state index >= 15 is 0 Å². The summed E-state index contributed by atoms with van der Waals surface area (Å²) in [6.07, 6.45) is 1.71. The van der Waals surface area contributed by atoms with Crippen LogP contribution >= 0.6 is 0 Å². The van der Waals surface area contributed by atoms with Crippen LogP contribution in [0.2, 0.25) is 0 Å². The first kappa shape index (κ1) is 15.4. The first-order valence-electron chi connectivity index (χ1n) is 5.10. The Hall–Kier alpha value is -1.06. The average Bonchev–Trinajstić information content (AvgIpc) is 2.15. The molecule has 4 nitrogen and oxygen atoms in total. The minimum absolute atomic E-state index is 0.116. The van der Waals surface area contributed by atoms with Gasteiger partial charge in [0.2, 0.25) is 0 Å². The lowest BCUT2D eigenvalue weighted by molar-refractivity contribution is -0.120. The van der Waals surface area contributed by atoms with Crippen LogP contribution in [-0.4, -0.2) is 18.3 Å². The highest BCUT2D eigenvalue weighted by molar-refractivity contribution is 5.77. The first-order chi connectivity index (χ1) is 6.54. The zero-order valence-electron chi connectivity index (χ0n) is 9.71. The standard InChI is InChI=1S/C8H17N3O.C2H6/c1-6(7(2)12)4-3-5-11-8(9)10;1-2/h6H,3-5H2,1-2H3,(H4,9,10,11);1-2H3. The van der Waals surface area contributed by atoms with Crippen LogP contribution < -0.4 is 11.5 Å². The van der Waals surface area contributed by atoms with Crippen molar-refractivity contribution in [2.75, 3.05) is 6.54 Å². The van der Waals surface area contributed by atoms with Crippen molar-refractivity contribution in [3.8, 4) is 0 Å². The van der Waals surface area contributed by atoms with Gasteiger partial charge in [-0.25, -0.2) is 0 Å². The van der Waals surface area contributed by atoms with Crippen LogP contribution in [0.25, 0.3) is 0 Å². The van der Waals surface area contributed by atoms with E-state index in [1.807, 2.05) is 20.8 Å². The number of guanidine groups is 1. The summed E-state index contributed by atoms with van der Waals surface area (Å²) in [6, 6.07) is 0. The zero-order valence-corrected chi connectivity index (χ0v) is 9.71. The van der Waals surface area contributed by atoms with Gasteiger partial charge in [0.25, 0.3) is 0 Å². The normalized spacial score (nSPS) is 10.9. The summed E-state index contributed by atoms with van der Waals surface area (Å²) >= 11 is 0. The van der Waals surface area contributed by atoms with Crippen molar-refractivity contribution in [1.82, 2.24) is 0 Å². The second-order valence-electron chi connectivity index (χ2n) is 2.96. The molecular formula is C10H23N3O. The maximum Gasteiger partial charge on any atom is 0.185 e. The van der Waals surface area contributed by atoms with Crippen LogP contribution in [-0.2, 0) is 4.79 Å². The smallest absolute Gasteiger partial charge is 0.185 e. The molecule has 0 aromatic rings. The predicted octanol–water partition coefficient (Wildman–Crippen LogP) is 1.29. The average molecular weight is 201 g/mol. The molecule has 0 aliphatic heterocycles. The second-order valence-corrected chi connectivity index (χ2v) is 2.96. The molecule has 0 spiro atoms. The van der Waals surface area contributed by atoms with Crippen molar-refractivity contribution in [2.45, 2.75) is 40.5 Å². The summed E-state index contributed by atoms with van der Waals surface area (Å²) in [5.74, 6) is 0.462. The molecule has 0 aliphatic rings. The molecule has 4 N–H and O–H groups in total. The molecular weight excluding hydrogens is 178 g/mol. The van der Waals surface area contributed by atoms with Crippen molar-refractivity contribution < 1.29 is 4.79 Å². The molecule has 14 heavy (non-hydrogen) atoms. The van der Waals surface area contributed by atoms with Crippen molar-refractivity contribution in [2.24, 2.45) is 22.4 Å². The van der Waals surface area contributed by atoms with Gasteiger partial charge in [-0.2, -0.15) is 0 Å². The van der Waals surface area contributed by atoms with E-state index in [4.69, 9.17) is 11.5 Å². The van der Waals surface area contributed by atoms with E-state index in [0.717, 1.165) is 12.8 Å². The third-order valence-corrected chi connectivity index (χ3v) is 1.78. The van der Waals surface area contributed by atoms with Crippen LogP contribution in [0.3, 0.4) is 0 Å². The van der Waals surface area contributed by atoms with E-state index in [9.17, 15) is 4.79 Å². The lowest BCUT2D eigenvalue weighted by atomic mass is 10.0. The van der Waals surface area contributed by atoms with E-state index in [1.54, 1.807) is 6.92 Å². The van der Waals surface area contributed by atoms with Gasteiger partial charge in [-0.3, -0.25) is 9.79 Å². The molecule has 0 aromatic heterocycles. The van der Waals surface area contributed by atoms with Crippen LogP contribution in [0.4, 0.5) is 0 Å². The summed E-state index contributed by atoms with van der Waals surface area (Å²) in [5.41, 5.74) is 10.3. The van der Waals surface area contributed by atoms with Crippen molar-refractivity contribution in [3.63, 3.8) is 0 Å². The second kappa shape index (κ2) is 10.0. The van der Waals surface area contributed by atoms with Gasteiger partial charge >= 0.3 is 0 Å². The number of carbonyl (C=O) groups excluding carboxylic acids is 1. The number of nitrogens with two attached hydrogens (primary N) is 2. The zero-order chi connectivity index (χ0) is 11.6. The number of Topliss-reactive ketones (excluding diaryl/α,β-unsaturated/α-hetero) is 1. The SMILES string of the molecule is CC.CC(=O)C(C)CCCN=C(N)N. The fourth-order valence-corrected chi connectivity index (χ4v) is 0.809. The summed E-state index contributed by atoms with van der Waals surface area (Å²) in [6.45, 7) is 8.13. The Balaban J connectivity index is 0. The molecule has 0 aliphatic carbocycles. The van der Waals surface area contributed by atoms with Crippen LogP contribution in [0.1, 0.15) is 40.5 Å². The molecule has 0 bridgehead atoms. The fourth-order valence-electron chi connectivity index (χ4n) is 0.809. The van der Waals surface area contributed by atoms with E-state index < -0.39 is 0 Å². The summed E-state index contributed by atoms with van der Waals surface area (Å²) in [5, 5.41) is 0. The number of carbonyl (C=O) groups is 1. The molecule has 0 saturated carbocycles. The van der Waals surface area contributed by atoms with Gasteiger partial charge in [-0.05, 0) is 19.8 Å². The summed E-state index contributed by atoms with van der Waals surface area (Å²) in [4.78, 5) is 14.6. The Morgan fingerprint density at radius 1 is 1.36 bits per heavy atom. The fraction of sp³-hybridized carbons (Fsp3) is 0.800. The maximum absolute atomic E-state index is 10.8. The van der Waals surface area contributed by atoms with E-state index in [-0.39, 0.29) is 17.7 Å². The Morgan fingerprint density at radius 3 is 2.21 bits per heavy atom. The molecule has 0 radical (unpaired) electrons.